The number of primary sulfonamides is 1. The SMILES string of the molecule is CCC(=O)Nc1ccc(C(C)NC(=O)c2cc(S(N)(=O)=O)ccc2OC)cc1. The minimum Gasteiger partial charge on any atom is -0.496 e. The van der Waals surface area contributed by atoms with Crippen molar-refractivity contribution in [2.24, 2.45) is 5.14 Å². The van der Waals surface area contributed by atoms with E-state index in [4.69, 9.17) is 9.88 Å². The zero-order chi connectivity index (χ0) is 20.9. The lowest BCUT2D eigenvalue weighted by molar-refractivity contribution is -0.115. The van der Waals surface area contributed by atoms with E-state index < -0.39 is 15.9 Å². The highest BCUT2D eigenvalue weighted by Crippen LogP contribution is 2.23. The Balaban J connectivity index is 2.19. The Kier molecular flexibility index (Phi) is 6.76. The fraction of sp³-hybridized carbons (Fsp3) is 0.263. The maximum atomic E-state index is 12.7. The number of nitrogens with one attached hydrogen (secondary N) is 2. The first-order chi connectivity index (χ1) is 13.2. The van der Waals surface area contributed by atoms with E-state index in [2.05, 4.69) is 10.6 Å². The molecule has 2 rings (SSSR count). The number of nitrogens with two attached hydrogens (primary N) is 1. The van der Waals surface area contributed by atoms with Gasteiger partial charge in [0.15, 0.2) is 0 Å². The molecule has 150 valence electrons. The summed E-state index contributed by atoms with van der Waals surface area (Å²) >= 11 is 0. The Bertz CT molecular complexity index is 972. The minimum atomic E-state index is -3.95. The van der Waals surface area contributed by atoms with Crippen LogP contribution in [-0.4, -0.2) is 27.3 Å². The molecule has 0 aliphatic carbocycles. The van der Waals surface area contributed by atoms with Crippen molar-refractivity contribution in [2.45, 2.75) is 31.2 Å². The monoisotopic (exact) mass is 405 g/mol. The van der Waals surface area contributed by atoms with Gasteiger partial charge in [-0.2, -0.15) is 0 Å². The van der Waals surface area contributed by atoms with Crippen molar-refractivity contribution < 1.29 is 22.7 Å². The van der Waals surface area contributed by atoms with Crippen LogP contribution >= 0.6 is 0 Å². The first-order valence-electron chi connectivity index (χ1n) is 8.57. The summed E-state index contributed by atoms with van der Waals surface area (Å²) in [4.78, 5) is 23.9. The normalized spacial score (nSPS) is 12.1. The highest BCUT2D eigenvalue weighted by Gasteiger charge is 2.19. The van der Waals surface area contributed by atoms with Crippen LogP contribution in [0.3, 0.4) is 0 Å². The number of ether oxygens (including phenoxy) is 1. The number of amides is 2. The summed E-state index contributed by atoms with van der Waals surface area (Å²) in [7, 11) is -2.57. The highest BCUT2D eigenvalue weighted by atomic mass is 32.2. The molecular weight excluding hydrogens is 382 g/mol. The molecule has 0 aliphatic heterocycles. The van der Waals surface area contributed by atoms with Crippen LogP contribution in [0.5, 0.6) is 5.75 Å². The maximum absolute atomic E-state index is 12.7. The van der Waals surface area contributed by atoms with E-state index in [1.807, 2.05) is 0 Å². The van der Waals surface area contributed by atoms with E-state index >= 15 is 0 Å². The number of carbonyl (C=O) groups excluding carboxylic acids is 2. The third kappa shape index (κ3) is 5.30. The van der Waals surface area contributed by atoms with Gasteiger partial charge in [-0.05, 0) is 42.8 Å². The Labute approximate surface area is 164 Å². The maximum Gasteiger partial charge on any atom is 0.255 e. The fourth-order valence-electron chi connectivity index (χ4n) is 2.50. The minimum absolute atomic E-state index is 0.0627. The van der Waals surface area contributed by atoms with Gasteiger partial charge in [0.05, 0.1) is 23.6 Å². The summed E-state index contributed by atoms with van der Waals surface area (Å²) in [5.74, 6) is -0.358. The van der Waals surface area contributed by atoms with Crippen LogP contribution in [0.2, 0.25) is 0 Å². The summed E-state index contributed by atoms with van der Waals surface area (Å²) in [5.41, 5.74) is 1.54. The van der Waals surface area contributed by atoms with Crippen molar-refractivity contribution >= 4 is 27.5 Å². The average Bonchev–Trinajstić information content (AvgIpc) is 2.67. The fourth-order valence-corrected chi connectivity index (χ4v) is 3.04. The Morgan fingerprint density at radius 1 is 1.14 bits per heavy atom. The predicted octanol–water partition coefficient (Wildman–Crippen LogP) is 2.18. The predicted molar refractivity (Wildman–Crippen MR) is 106 cm³/mol. The van der Waals surface area contributed by atoms with Gasteiger partial charge in [-0.3, -0.25) is 9.59 Å². The Morgan fingerprint density at radius 3 is 2.32 bits per heavy atom. The topological polar surface area (TPSA) is 128 Å². The van der Waals surface area contributed by atoms with Crippen molar-refractivity contribution in [3.63, 3.8) is 0 Å². The standard InChI is InChI=1S/C19H23N3O5S/c1-4-18(23)22-14-7-5-13(6-8-14)12(2)21-19(24)16-11-15(28(20,25)26)9-10-17(16)27-3/h5-12H,4H2,1-3H3,(H,21,24)(H,22,23)(H2,20,25,26). The third-order valence-corrected chi connectivity index (χ3v) is 5.02. The summed E-state index contributed by atoms with van der Waals surface area (Å²) in [6.07, 6.45) is 0.383. The van der Waals surface area contributed by atoms with Gasteiger partial charge in [-0.25, -0.2) is 13.6 Å². The highest BCUT2D eigenvalue weighted by molar-refractivity contribution is 7.89. The molecular formula is C19H23N3O5S. The molecule has 0 aromatic heterocycles. The van der Waals surface area contributed by atoms with Gasteiger partial charge < -0.3 is 15.4 Å². The third-order valence-electron chi connectivity index (χ3n) is 4.11. The second-order valence-corrected chi connectivity index (χ2v) is 7.69. The Hall–Kier alpha value is -2.91. The van der Waals surface area contributed by atoms with Gasteiger partial charge in [0.25, 0.3) is 5.91 Å². The number of benzene rings is 2. The number of sulfonamides is 1. The first kappa shape index (κ1) is 21.4. The molecule has 4 N–H and O–H groups in total. The molecule has 0 saturated heterocycles. The van der Waals surface area contributed by atoms with Crippen LogP contribution in [0.25, 0.3) is 0 Å². The van der Waals surface area contributed by atoms with E-state index in [1.165, 1.54) is 25.3 Å². The van der Waals surface area contributed by atoms with Gasteiger partial charge in [0.2, 0.25) is 15.9 Å². The lowest BCUT2D eigenvalue weighted by Gasteiger charge is -2.17. The molecule has 2 amide bonds. The number of anilines is 1. The zero-order valence-corrected chi connectivity index (χ0v) is 16.7. The van der Waals surface area contributed by atoms with Gasteiger partial charge in [0, 0.05) is 12.1 Å². The van der Waals surface area contributed by atoms with Crippen molar-refractivity contribution in [3.8, 4) is 5.75 Å². The van der Waals surface area contributed by atoms with Crippen molar-refractivity contribution in [3.05, 3.63) is 53.6 Å². The molecule has 0 saturated carbocycles. The van der Waals surface area contributed by atoms with E-state index in [0.29, 0.717) is 12.1 Å². The lowest BCUT2D eigenvalue weighted by Crippen LogP contribution is -2.27. The molecule has 0 fully saturated rings. The molecule has 1 atom stereocenters. The molecule has 1 unspecified atom stereocenters. The number of methoxy groups -OCH3 is 1. The second-order valence-electron chi connectivity index (χ2n) is 6.13. The van der Waals surface area contributed by atoms with E-state index in [0.717, 1.165) is 5.56 Å². The molecule has 0 bridgehead atoms. The summed E-state index contributed by atoms with van der Waals surface area (Å²) in [6, 6.07) is 10.5. The summed E-state index contributed by atoms with van der Waals surface area (Å²) in [6.45, 7) is 3.55. The van der Waals surface area contributed by atoms with Crippen LogP contribution in [0.4, 0.5) is 5.69 Å². The lowest BCUT2D eigenvalue weighted by atomic mass is 10.1. The van der Waals surface area contributed by atoms with Crippen molar-refractivity contribution in [1.29, 1.82) is 0 Å². The molecule has 0 spiro atoms. The molecule has 2 aromatic rings. The second kappa shape index (κ2) is 8.85. The average molecular weight is 405 g/mol. The van der Waals surface area contributed by atoms with E-state index in [-0.39, 0.29) is 28.2 Å². The van der Waals surface area contributed by atoms with Crippen molar-refractivity contribution in [1.82, 2.24) is 5.32 Å². The molecule has 0 heterocycles. The van der Waals surface area contributed by atoms with Crippen LogP contribution in [0.15, 0.2) is 47.4 Å². The molecule has 28 heavy (non-hydrogen) atoms. The Morgan fingerprint density at radius 2 is 1.79 bits per heavy atom. The molecule has 0 aliphatic rings. The van der Waals surface area contributed by atoms with Crippen molar-refractivity contribution in [2.75, 3.05) is 12.4 Å². The van der Waals surface area contributed by atoms with Crippen LogP contribution in [0, 0.1) is 0 Å². The smallest absolute Gasteiger partial charge is 0.255 e. The summed E-state index contributed by atoms with van der Waals surface area (Å²) in [5, 5.41) is 10.7. The van der Waals surface area contributed by atoms with Gasteiger partial charge >= 0.3 is 0 Å². The van der Waals surface area contributed by atoms with Gasteiger partial charge in [-0.15, -0.1) is 0 Å². The quantitative estimate of drug-likeness (QED) is 0.650. The molecule has 0 radical (unpaired) electrons. The van der Waals surface area contributed by atoms with Gasteiger partial charge in [-0.1, -0.05) is 19.1 Å². The van der Waals surface area contributed by atoms with Crippen LogP contribution < -0.4 is 20.5 Å². The number of hydrogen-bond donors (Lipinski definition) is 3. The molecule has 8 nitrogen and oxygen atoms in total. The zero-order valence-electron chi connectivity index (χ0n) is 15.9. The number of hydrogen-bond acceptors (Lipinski definition) is 5. The van der Waals surface area contributed by atoms with E-state index in [1.54, 1.807) is 38.1 Å². The molecule has 2 aromatic carbocycles. The van der Waals surface area contributed by atoms with Gasteiger partial charge in [0.1, 0.15) is 5.75 Å². The van der Waals surface area contributed by atoms with Crippen LogP contribution in [-0.2, 0) is 14.8 Å². The molecule has 9 heteroatoms. The number of carbonyl (C=O) groups is 2. The largest absolute Gasteiger partial charge is 0.496 e. The first-order valence-corrected chi connectivity index (χ1v) is 10.1. The summed E-state index contributed by atoms with van der Waals surface area (Å²) < 4.78 is 28.3. The van der Waals surface area contributed by atoms with Crippen LogP contribution in [0.1, 0.15) is 42.2 Å². The number of rotatable bonds is 7. The van der Waals surface area contributed by atoms with E-state index in [9.17, 15) is 18.0 Å².